The molecule has 27 heavy (non-hydrogen) atoms. The minimum atomic E-state index is -0.446. The average Bonchev–Trinajstić information content (AvgIpc) is 2.73. The minimum Gasteiger partial charge on any atom is -0.508 e. The van der Waals surface area contributed by atoms with Crippen LogP contribution in [0.15, 0.2) is 115 Å². The molecule has 1 nitrogen and oxygen atoms in total. The smallest absolute Gasteiger partial charge is 0.115 e. The molecule has 4 aromatic carbocycles. The second-order valence-electron chi connectivity index (χ2n) is 6.18. The number of hydrogen-bond donors (Lipinski definition) is 1. The Kier molecular flexibility index (Phi) is 6.79. The lowest BCUT2D eigenvalue weighted by Gasteiger charge is -2.18. The molecule has 2 heteroatoms. The predicted octanol–water partition coefficient (Wildman–Crippen LogP) is 5.15. The highest BCUT2D eigenvalue weighted by atomic mass is 31.1. The Morgan fingerprint density at radius 3 is 1.11 bits per heavy atom. The molecule has 4 aromatic rings. The quantitative estimate of drug-likeness (QED) is 0.495. The van der Waals surface area contributed by atoms with Crippen molar-refractivity contribution in [2.24, 2.45) is 0 Å². The fourth-order valence-electron chi connectivity index (χ4n) is 2.72. The van der Waals surface area contributed by atoms with Gasteiger partial charge in [-0.3, -0.25) is 0 Å². The second-order valence-corrected chi connectivity index (χ2v) is 8.40. The van der Waals surface area contributed by atoms with E-state index in [2.05, 4.69) is 91.0 Å². The van der Waals surface area contributed by atoms with Crippen LogP contribution in [0.25, 0.3) is 0 Å². The van der Waals surface area contributed by atoms with Gasteiger partial charge in [0.2, 0.25) is 0 Å². The van der Waals surface area contributed by atoms with Gasteiger partial charge in [-0.25, -0.2) is 0 Å². The van der Waals surface area contributed by atoms with Gasteiger partial charge in [-0.15, -0.1) is 0 Å². The van der Waals surface area contributed by atoms with Crippen LogP contribution in [-0.2, 0) is 0 Å². The van der Waals surface area contributed by atoms with Gasteiger partial charge in [0.1, 0.15) is 5.75 Å². The molecular weight excluding hydrogens is 347 g/mol. The number of rotatable bonds is 3. The molecule has 0 heterocycles. The zero-order valence-electron chi connectivity index (χ0n) is 15.4. The standard InChI is InChI=1S/C18H15P.C7H8O/c1-4-10-16(11-5-1)19(17-12-6-2-7-13-17)18-14-8-3-9-15-18;1-6-2-4-7(8)5-3-6/h1-15H;2-5,8H,1H3. The molecule has 0 aromatic heterocycles. The van der Waals surface area contributed by atoms with Crippen LogP contribution in [0.2, 0.25) is 0 Å². The van der Waals surface area contributed by atoms with Crippen LogP contribution in [0.3, 0.4) is 0 Å². The van der Waals surface area contributed by atoms with Crippen LogP contribution >= 0.6 is 7.92 Å². The maximum Gasteiger partial charge on any atom is 0.115 e. The van der Waals surface area contributed by atoms with E-state index in [9.17, 15) is 0 Å². The number of phenolic OH excluding ortho intramolecular Hbond substituents is 1. The van der Waals surface area contributed by atoms with Gasteiger partial charge >= 0.3 is 0 Å². The highest BCUT2D eigenvalue weighted by Gasteiger charge is 2.14. The van der Waals surface area contributed by atoms with E-state index in [0.717, 1.165) is 0 Å². The summed E-state index contributed by atoms with van der Waals surface area (Å²) < 4.78 is 0. The Morgan fingerprint density at radius 2 is 0.815 bits per heavy atom. The zero-order chi connectivity index (χ0) is 18.9. The average molecular weight is 370 g/mol. The van der Waals surface area contributed by atoms with Crippen molar-refractivity contribution >= 4 is 23.8 Å². The molecule has 0 bridgehead atoms. The summed E-state index contributed by atoms with van der Waals surface area (Å²) in [6, 6.07) is 39.4. The van der Waals surface area contributed by atoms with E-state index in [1.807, 2.05) is 19.1 Å². The first-order chi connectivity index (χ1) is 13.2. The Labute approximate surface area is 162 Å². The molecule has 0 atom stereocenters. The maximum atomic E-state index is 8.76. The van der Waals surface area contributed by atoms with Gasteiger partial charge in [0.25, 0.3) is 0 Å². The van der Waals surface area contributed by atoms with Crippen molar-refractivity contribution in [3.05, 3.63) is 121 Å². The summed E-state index contributed by atoms with van der Waals surface area (Å²) in [5.74, 6) is 0.329. The zero-order valence-corrected chi connectivity index (χ0v) is 16.3. The monoisotopic (exact) mass is 370 g/mol. The van der Waals surface area contributed by atoms with E-state index < -0.39 is 7.92 Å². The van der Waals surface area contributed by atoms with Crippen molar-refractivity contribution in [1.29, 1.82) is 0 Å². The molecule has 0 unspecified atom stereocenters. The van der Waals surface area contributed by atoms with Crippen molar-refractivity contribution in [3.8, 4) is 5.75 Å². The van der Waals surface area contributed by atoms with E-state index in [4.69, 9.17) is 5.11 Å². The van der Waals surface area contributed by atoms with Crippen LogP contribution in [0.5, 0.6) is 5.75 Å². The number of aromatic hydroxyl groups is 1. The van der Waals surface area contributed by atoms with Gasteiger partial charge in [-0.2, -0.15) is 0 Å². The first kappa shape index (κ1) is 18.9. The third-order valence-electron chi connectivity index (χ3n) is 4.08. The molecule has 1 N–H and O–H groups in total. The molecule has 4 rings (SSSR count). The van der Waals surface area contributed by atoms with Crippen molar-refractivity contribution in [1.82, 2.24) is 0 Å². The summed E-state index contributed by atoms with van der Waals surface area (Å²) in [5.41, 5.74) is 1.17. The van der Waals surface area contributed by atoms with E-state index in [1.165, 1.54) is 21.5 Å². The molecule has 0 radical (unpaired) electrons. The summed E-state index contributed by atoms with van der Waals surface area (Å²) in [6.07, 6.45) is 0. The molecular formula is C25H23OP. The Bertz CT molecular complexity index is 805. The van der Waals surface area contributed by atoms with Crippen LogP contribution in [0.1, 0.15) is 5.56 Å². The molecule has 0 saturated carbocycles. The Hall–Kier alpha value is -2.89. The SMILES string of the molecule is Cc1ccc(O)cc1.c1ccc(P(c2ccccc2)c2ccccc2)cc1. The lowest BCUT2D eigenvalue weighted by atomic mass is 10.2. The molecule has 0 aliphatic carbocycles. The number of benzene rings is 4. The Balaban J connectivity index is 0.000000221. The van der Waals surface area contributed by atoms with E-state index >= 15 is 0 Å². The first-order valence-electron chi connectivity index (χ1n) is 8.95. The maximum absolute atomic E-state index is 8.76. The molecule has 0 saturated heterocycles. The van der Waals surface area contributed by atoms with Gasteiger partial charge in [0, 0.05) is 0 Å². The van der Waals surface area contributed by atoms with Gasteiger partial charge in [0.05, 0.1) is 0 Å². The van der Waals surface area contributed by atoms with Crippen molar-refractivity contribution < 1.29 is 5.11 Å². The van der Waals surface area contributed by atoms with E-state index in [1.54, 1.807) is 12.1 Å². The molecule has 0 spiro atoms. The summed E-state index contributed by atoms with van der Waals surface area (Å²) in [6.45, 7) is 1.99. The molecule has 0 fully saturated rings. The van der Waals surface area contributed by atoms with Gasteiger partial charge in [-0.1, -0.05) is 109 Å². The fourth-order valence-corrected chi connectivity index (χ4v) is 5.03. The topological polar surface area (TPSA) is 20.2 Å². The van der Waals surface area contributed by atoms with Crippen molar-refractivity contribution in [3.63, 3.8) is 0 Å². The van der Waals surface area contributed by atoms with Gasteiger partial charge < -0.3 is 5.11 Å². The largest absolute Gasteiger partial charge is 0.508 e. The fraction of sp³-hybridized carbons (Fsp3) is 0.0400. The van der Waals surface area contributed by atoms with Crippen molar-refractivity contribution in [2.45, 2.75) is 6.92 Å². The first-order valence-corrected chi connectivity index (χ1v) is 10.3. The molecule has 0 amide bonds. The van der Waals surface area contributed by atoms with Crippen LogP contribution in [-0.4, -0.2) is 5.11 Å². The predicted molar refractivity (Wildman–Crippen MR) is 118 cm³/mol. The number of phenols is 1. The summed E-state index contributed by atoms with van der Waals surface area (Å²) >= 11 is 0. The summed E-state index contributed by atoms with van der Waals surface area (Å²) in [7, 11) is -0.446. The van der Waals surface area contributed by atoms with Crippen LogP contribution < -0.4 is 15.9 Å². The van der Waals surface area contributed by atoms with Gasteiger partial charge in [-0.05, 0) is 42.9 Å². The lowest BCUT2D eigenvalue weighted by Crippen LogP contribution is -2.20. The molecule has 0 aliphatic rings. The molecule has 134 valence electrons. The Morgan fingerprint density at radius 1 is 0.481 bits per heavy atom. The third-order valence-corrected chi connectivity index (χ3v) is 6.52. The van der Waals surface area contributed by atoms with E-state index in [0.29, 0.717) is 5.75 Å². The highest BCUT2D eigenvalue weighted by molar-refractivity contribution is 7.79. The second kappa shape index (κ2) is 9.71. The number of hydrogen-bond acceptors (Lipinski definition) is 1. The highest BCUT2D eigenvalue weighted by Crippen LogP contribution is 2.32. The minimum absolute atomic E-state index is 0.329. The van der Waals surface area contributed by atoms with Crippen LogP contribution in [0, 0.1) is 6.92 Å². The summed E-state index contributed by atoms with van der Waals surface area (Å²) in [4.78, 5) is 0. The normalized spacial score (nSPS) is 10.1. The lowest BCUT2D eigenvalue weighted by molar-refractivity contribution is 0.475. The van der Waals surface area contributed by atoms with Gasteiger partial charge in [0.15, 0.2) is 0 Å². The molecule has 0 aliphatic heterocycles. The summed E-state index contributed by atoms with van der Waals surface area (Å²) in [5, 5.41) is 13.0. The number of aryl methyl sites for hydroxylation is 1. The van der Waals surface area contributed by atoms with Crippen LogP contribution in [0.4, 0.5) is 0 Å². The third kappa shape index (κ3) is 5.54. The van der Waals surface area contributed by atoms with E-state index in [-0.39, 0.29) is 0 Å². The van der Waals surface area contributed by atoms with Crippen molar-refractivity contribution in [2.75, 3.05) is 0 Å².